The Morgan fingerprint density at radius 3 is 2.80 bits per heavy atom. The van der Waals surface area contributed by atoms with Crippen molar-refractivity contribution in [1.82, 2.24) is 0 Å². The molecule has 0 fully saturated rings. The van der Waals surface area contributed by atoms with E-state index in [1.54, 1.807) is 0 Å². The predicted molar refractivity (Wildman–Crippen MR) is 59.5 cm³/mol. The smallest absolute Gasteiger partial charge is 0.132 e. The number of rotatable bonds is 7. The second-order valence-corrected chi connectivity index (χ2v) is 3.46. The van der Waals surface area contributed by atoms with Crippen LogP contribution < -0.4 is 0 Å². The van der Waals surface area contributed by atoms with E-state index in [9.17, 15) is 4.79 Å². The Labute approximate surface area is 91.3 Å². The molecule has 0 aliphatic rings. The zero-order valence-corrected chi connectivity index (χ0v) is 9.16. The lowest BCUT2D eigenvalue weighted by molar-refractivity contribution is -0.119. The molecule has 1 radical (unpaired) electrons. The van der Waals surface area contributed by atoms with Gasteiger partial charge in [-0.15, -0.1) is 0 Å². The number of hydrogen-bond donors (Lipinski definition) is 0. The lowest BCUT2D eigenvalue weighted by Gasteiger charge is -2.03. The van der Waals surface area contributed by atoms with Crippen LogP contribution in [0.4, 0.5) is 0 Å². The van der Waals surface area contributed by atoms with Gasteiger partial charge in [-0.2, -0.15) is 0 Å². The van der Waals surface area contributed by atoms with Crippen LogP contribution in [-0.2, 0) is 16.1 Å². The van der Waals surface area contributed by atoms with Gasteiger partial charge in [0.25, 0.3) is 0 Å². The topological polar surface area (TPSA) is 26.3 Å². The first-order valence-corrected chi connectivity index (χ1v) is 5.37. The van der Waals surface area contributed by atoms with Gasteiger partial charge >= 0.3 is 0 Å². The van der Waals surface area contributed by atoms with Crippen molar-refractivity contribution in [1.29, 1.82) is 0 Å². The standard InChI is InChI=1S/C13H17O2/c1-2-13(14)9-6-10-15-11-12-7-4-3-5-8-12/h4-5,7-8H,2,6,9-11H2,1H3. The van der Waals surface area contributed by atoms with Gasteiger partial charge in [0.1, 0.15) is 5.78 Å². The van der Waals surface area contributed by atoms with Crippen molar-refractivity contribution in [3.63, 3.8) is 0 Å². The molecule has 2 nitrogen and oxygen atoms in total. The quantitative estimate of drug-likeness (QED) is 0.640. The van der Waals surface area contributed by atoms with Crippen LogP contribution in [0.1, 0.15) is 31.7 Å². The molecule has 1 aromatic rings. The normalized spacial score (nSPS) is 10.2. The molecule has 0 aliphatic heterocycles. The molecule has 0 atom stereocenters. The summed E-state index contributed by atoms with van der Waals surface area (Å²) >= 11 is 0. The molecule has 0 unspecified atom stereocenters. The van der Waals surface area contributed by atoms with Crippen LogP contribution in [0.2, 0.25) is 0 Å². The average Bonchev–Trinajstić information content (AvgIpc) is 2.29. The van der Waals surface area contributed by atoms with Gasteiger partial charge in [-0.05, 0) is 18.1 Å². The number of benzene rings is 1. The fourth-order valence-electron chi connectivity index (χ4n) is 1.26. The van der Waals surface area contributed by atoms with E-state index in [2.05, 4.69) is 6.07 Å². The minimum Gasteiger partial charge on any atom is -0.377 e. The Bertz CT molecular complexity index is 280. The first kappa shape index (κ1) is 11.9. The largest absolute Gasteiger partial charge is 0.377 e. The van der Waals surface area contributed by atoms with Crippen LogP contribution in [0, 0.1) is 6.07 Å². The maximum atomic E-state index is 11.0. The molecular weight excluding hydrogens is 188 g/mol. The van der Waals surface area contributed by atoms with E-state index in [1.165, 1.54) is 0 Å². The van der Waals surface area contributed by atoms with Crippen LogP contribution in [0.15, 0.2) is 24.3 Å². The second kappa shape index (κ2) is 7.18. The molecule has 0 aromatic heterocycles. The van der Waals surface area contributed by atoms with Gasteiger partial charge in [0, 0.05) is 19.4 Å². The Morgan fingerprint density at radius 1 is 1.40 bits per heavy atom. The zero-order valence-electron chi connectivity index (χ0n) is 9.16. The van der Waals surface area contributed by atoms with Crippen molar-refractivity contribution >= 4 is 5.78 Å². The summed E-state index contributed by atoms with van der Waals surface area (Å²) in [6.07, 6.45) is 2.10. The maximum Gasteiger partial charge on any atom is 0.132 e. The molecule has 0 amide bonds. The monoisotopic (exact) mass is 205 g/mol. The van der Waals surface area contributed by atoms with E-state index in [0.717, 1.165) is 12.0 Å². The number of Topliss-reactive ketones (excluding diaryl/α,β-unsaturated/α-hetero) is 1. The molecule has 1 rings (SSSR count). The fourth-order valence-corrected chi connectivity index (χ4v) is 1.26. The summed E-state index contributed by atoms with van der Waals surface area (Å²) in [5, 5.41) is 0. The summed E-state index contributed by atoms with van der Waals surface area (Å²) in [7, 11) is 0. The number of hydrogen-bond acceptors (Lipinski definition) is 2. The van der Waals surface area contributed by atoms with Crippen molar-refractivity contribution in [2.45, 2.75) is 32.8 Å². The number of carbonyl (C=O) groups excluding carboxylic acids is 1. The number of carbonyl (C=O) groups is 1. The van der Waals surface area contributed by atoms with E-state index >= 15 is 0 Å². The van der Waals surface area contributed by atoms with Crippen LogP contribution in [0.3, 0.4) is 0 Å². The van der Waals surface area contributed by atoms with Gasteiger partial charge in [-0.3, -0.25) is 4.79 Å². The van der Waals surface area contributed by atoms with Crippen molar-refractivity contribution < 1.29 is 9.53 Å². The molecule has 15 heavy (non-hydrogen) atoms. The highest BCUT2D eigenvalue weighted by Crippen LogP contribution is 2.01. The molecular formula is C13H17O2. The van der Waals surface area contributed by atoms with Gasteiger partial charge in [0.05, 0.1) is 6.61 Å². The minimum absolute atomic E-state index is 0.313. The SMILES string of the molecule is CCC(=O)CCCOCc1cc[c]cc1. The molecule has 0 saturated carbocycles. The van der Waals surface area contributed by atoms with Gasteiger partial charge in [0.15, 0.2) is 0 Å². The average molecular weight is 205 g/mol. The predicted octanol–water partition coefficient (Wildman–Crippen LogP) is 2.76. The molecule has 0 heterocycles. The van der Waals surface area contributed by atoms with Gasteiger partial charge in [-0.1, -0.05) is 31.2 Å². The van der Waals surface area contributed by atoms with Crippen LogP contribution in [0.5, 0.6) is 0 Å². The van der Waals surface area contributed by atoms with E-state index < -0.39 is 0 Å². The lowest BCUT2D eigenvalue weighted by Crippen LogP contribution is -2.00. The highest BCUT2D eigenvalue weighted by molar-refractivity contribution is 5.77. The highest BCUT2D eigenvalue weighted by atomic mass is 16.5. The maximum absolute atomic E-state index is 11.0. The van der Waals surface area contributed by atoms with Crippen LogP contribution >= 0.6 is 0 Å². The van der Waals surface area contributed by atoms with Gasteiger partial charge in [-0.25, -0.2) is 0 Å². The van der Waals surface area contributed by atoms with E-state index in [1.807, 2.05) is 31.2 Å². The Balaban J connectivity index is 2.05. The van der Waals surface area contributed by atoms with E-state index in [0.29, 0.717) is 31.8 Å². The van der Waals surface area contributed by atoms with E-state index in [-0.39, 0.29) is 0 Å². The summed E-state index contributed by atoms with van der Waals surface area (Å²) in [5.41, 5.74) is 1.15. The summed E-state index contributed by atoms with van der Waals surface area (Å²) in [4.78, 5) is 11.0. The molecule has 2 heteroatoms. The molecule has 81 valence electrons. The fraction of sp³-hybridized carbons (Fsp3) is 0.462. The molecule has 1 aromatic carbocycles. The third kappa shape index (κ3) is 5.33. The summed E-state index contributed by atoms with van der Waals surface area (Å²) in [5.74, 6) is 0.313. The summed E-state index contributed by atoms with van der Waals surface area (Å²) in [6.45, 7) is 3.17. The van der Waals surface area contributed by atoms with Crippen molar-refractivity contribution in [2.24, 2.45) is 0 Å². The lowest BCUT2D eigenvalue weighted by atomic mass is 10.2. The zero-order chi connectivity index (χ0) is 10.9. The van der Waals surface area contributed by atoms with Crippen molar-refractivity contribution in [3.8, 4) is 0 Å². The van der Waals surface area contributed by atoms with Crippen molar-refractivity contribution in [2.75, 3.05) is 6.61 Å². The molecule has 0 spiro atoms. The van der Waals surface area contributed by atoms with Gasteiger partial charge < -0.3 is 4.74 Å². The first-order chi connectivity index (χ1) is 7.33. The minimum atomic E-state index is 0.313. The summed E-state index contributed by atoms with van der Waals surface area (Å²) < 4.78 is 5.45. The highest BCUT2D eigenvalue weighted by Gasteiger charge is 1.97. The van der Waals surface area contributed by atoms with E-state index in [4.69, 9.17) is 4.74 Å². The van der Waals surface area contributed by atoms with Crippen molar-refractivity contribution in [3.05, 3.63) is 35.9 Å². The molecule has 0 bridgehead atoms. The second-order valence-electron chi connectivity index (χ2n) is 3.46. The van der Waals surface area contributed by atoms with Gasteiger partial charge in [0.2, 0.25) is 0 Å². The third-order valence-electron chi connectivity index (χ3n) is 2.19. The molecule has 0 N–H and O–H groups in total. The third-order valence-corrected chi connectivity index (χ3v) is 2.19. The summed E-state index contributed by atoms with van der Waals surface area (Å²) in [6, 6.07) is 10.7. The molecule has 0 saturated heterocycles. The van der Waals surface area contributed by atoms with Crippen LogP contribution in [-0.4, -0.2) is 12.4 Å². The Morgan fingerprint density at radius 2 is 2.13 bits per heavy atom. The van der Waals surface area contributed by atoms with Crippen LogP contribution in [0.25, 0.3) is 0 Å². The Kier molecular flexibility index (Phi) is 5.71. The molecule has 0 aliphatic carbocycles. The Hall–Kier alpha value is -1.15. The first-order valence-electron chi connectivity index (χ1n) is 5.37. The number of ketones is 1. The number of ether oxygens (including phenoxy) is 1.